The van der Waals surface area contributed by atoms with Crippen molar-refractivity contribution in [2.45, 2.75) is 37.8 Å². The van der Waals surface area contributed by atoms with Crippen LogP contribution in [0.25, 0.3) is 0 Å². The van der Waals surface area contributed by atoms with Gasteiger partial charge in [0.15, 0.2) is 0 Å². The first-order chi connectivity index (χ1) is 8.16. The molecule has 2 rings (SSSR count). The number of aliphatic imine (C=N–C) groups is 1. The van der Waals surface area contributed by atoms with E-state index in [0.717, 1.165) is 41.4 Å². The summed E-state index contributed by atoms with van der Waals surface area (Å²) >= 11 is 3.40. The summed E-state index contributed by atoms with van der Waals surface area (Å²) in [6.07, 6.45) is 5.36. The van der Waals surface area contributed by atoms with E-state index in [1.54, 1.807) is 0 Å². The minimum absolute atomic E-state index is 0.127. The standard InChI is InChI=1S/C13H17BrN2O/c14-12-3-1-2-9(13(12)15)8-16-10-4-6-11(17)7-5-10/h1-3,8,10-11,17H,4-7,15H2. The first-order valence-corrected chi connectivity index (χ1v) is 6.71. The molecule has 0 heterocycles. The zero-order valence-corrected chi connectivity index (χ0v) is 11.2. The Morgan fingerprint density at radius 2 is 2.00 bits per heavy atom. The van der Waals surface area contributed by atoms with Gasteiger partial charge in [-0.25, -0.2) is 0 Å². The fourth-order valence-corrected chi connectivity index (χ4v) is 2.44. The molecule has 17 heavy (non-hydrogen) atoms. The van der Waals surface area contributed by atoms with Gasteiger partial charge in [-0.15, -0.1) is 0 Å². The monoisotopic (exact) mass is 296 g/mol. The highest BCUT2D eigenvalue weighted by Gasteiger charge is 2.17. The van der Waals surface area contributed by atoms with Crippen LogP contribution < -0.4 is 5.73 Å². The molecule has 3 N–H and O–H groups in total. The van der Waals surface area contributed by atoms with Crippen LogP contribution in [0.5, 0.6) is 0 Å². The molecule has 1 fully saturated rings. The van der Waals surface area contributed by atoms with Gasteiger partial charge in [-0.2, -0.15) is 0 Å². The zero-order chi connectivity index (χ0) is 12.3. The first kappa shape index (κ1) is 12.6. The number of halogens is 1. The molecular weight excluding hydrogens is 280 g/mol. The molecule has 1 aromatic rings. The number of anilines is 1. The topological polar surface area (TPSA) is 58.6 Å². The summed E-state index contributed by atoms with van der Waals surface area (Å²) in [5, 5.41) is 9.41. The number of nitrogen functional groups attached to an aromatic ring is 1. The largest absolute Gasteiger partial charge is 0.397 e. The van der Waals surface area contributed by atoms with Crippen LogP contribution in [0.4, 0.5) is 5.69 Å². The normalized spacial score (nSPS) is 25.3. The molecular formula is C13H17BrN2O. The van der Waals surface area contributed by atoms with Gasteiger partial charge in [-0.3, -0.25) is 4.99 Å². The van der Waals surface area contributed by atoms with Crippen LogP contribution >= 0.6 is 15.9 Å². The van der Waals surface area contributed by atoms with Gasteiger partial charge in [0.25, 0.3) is 0 Å². The minimum Gasteiger partial charge on any atom is -0.397 e. The molecule has 0 saturated heterocycles. The van der Waals surface area contributed by atoms with Crippen LogP contribution in [0.1, 0.15) is 31.2 Å². The Kier molecular flexibility index (Phi) is 4.18. The molecule has 92 valence electrons. The van der Waals surface area contributed by atoms with Crippen molar-refractivity contribution in [1.29, 1.82) is 0 Å². The second kappa shape index (κ2) is 5.65. The van der Waals surface area contributed by atoms with Crippen molar-refractivity contribution >= 4 is 27.8 Å². The number of aliphatic hydroxyl groups excluding tert-OH is 1. The number of para-hydroxylation sites is 1. The number of aliphatic hydroxyl groups is 1. The van der Waals surface area contributed by atoms with Gasteiger partial charge in [-0.1, -0.05) is 12.1 Å². The molecule has 0 spiro atoms. The number of hydrogen-bond acceptors (Lipinski definition) is 3. The lowest BCUT2D eigenvalue weighted by molar-refractivity contribution is 0.123. The summed E-state index contributed by atoms with van der Waals surface area (Å²) in [4.78, 5) is 4.55. The first-order valence-electron chi connectivity index (χ1n) is 5.92. The Morgan fingerprint density at radius 3 is 2.71 bits per heavy atom. The van der Waals surface area contributed by atoms with E-state index in [4.69, 9.17) is 5.73 Å². The van der Waals surface area contributed by atoms with Gasteiger partial charge in [0.1, 0.15) is 0 Å². The quantitative estimate of drug-likeness (QED) is 0.651. The maximum atomic E-state index is 9.41. The lowest BCUT2D eigenvalue weighted by atomic mass is 9.93. The van der Waals surface area contributed by atoms with Crippen molar-refractivity contribution in [2.24, 2.45) is 4.99 Å². The van der Waals surface area contributed by atoms with E-state index in [9.17, 15) is 5.11 Å². The number of rotatable bonds is 2. The lowest BCUT2D eigenvalue weighted by Gasteiger charge is -2.22. The molecule has 0 atom stereocenters. The molecule has 1 aliphatic rings. The van der Waals surface area contributed by atoms with E-state index in [0.29, 0.717) is 6.04 Å². The maximum Gasteiger partial charge on any atom is 0.0547 e. The maximum absolute atomic E-state index is 9.41. The molecule has 0 bridgehead atoms. The highest BCUT2D eigenvalue weighted by Crippen LogP contribution is 2.23. The minimum atomic E-state index is -0.127. The van der Waals surface area contributed by atoms with Crippen LogP contribution in [0, 0.1) is 0 Å². The Hall–Kier alpha value is -0.870. The number of nitrogens with two attached hydrogens (primary N) is 1. The summed E-state index contributed by atoms with van der Waals surface area (Å²) in [5.74, 6) is 0. The Morgan fingerprint density at radius 1 is 1.29 bits per heavy atom. The zero-order valence-electron chi connectivity index (χ0n) is 9.64. The van der Waals surface area contributed by atoms with Crippen molar-refractivity contribution < 1.29 is 5.11 Å². The van der Waals surface area contributed by atoms with Crippen molar-refractivity contribution in [2.75, 3.05) is 5.73 Å². The fraction of sp³-hybridized carbons (Fsp3) is 0.462. The average molecular weight is 297 g/mol. The van der Waals surface area contributed by atoms with Gasteiger partial charge in [0.05, 0.1) is 17.8 Å². The molecule has 0 aromatic heterocycles. The lowest BCUT2D eigenvalue weighted by Crippen LogP contribution is -2.20. The molecule has 1 aromatic carbocycles. The highest BCUT2D eigenvalue weighted by molar-refractivity contribution is 9.10. The van der Waals surface area contributed by atoms with Crippen molar-refractivity contribution in [3.05, 3.63) is 28.2 Å². The molecule has 0 unspecified atom stereocenters. The van der Waals surface area contributed by atoms with Crippen molar-refractivity contribution in [3.8, 4) is 0 Å². The third kappa shape index (κ3) is 3.30. The van der Waals surface area contributed by atoms with E-state index in [2.05, 4.69) is 20.9 Å². The van der Waals surface area contributed by atoms with Crippen molar-refractivity contribution in [3.63, 3.8) is 0 Å². The Balaban J connectivity index is 2.03. The number of hydrogen-bond donors (Lipinski definition) is 2. The molecule has 1 saturated carbocycles. The molecule has 0 aliphatic heterocycles. The summed E-state index contributed by atoms with van der Waals surface area (Å²) in [5.41, 5.74) is 7.62. The van der Waals surface area contributed by atoms with Gasteiger partial charge < -0.3 is 10.8 Å². The van der Waals surface area contributed by atoms with Gasteiger partial charge >= 0.3 is 0 Å². The second-order valence-electron chi connectivity index (χ2n) is 4.48. The van der Waals surface area contributed by atoms with E-state index in [-0.39, 0.29) is 6.10 Å². The Bertz CT molecular complexity index is 412. The second-order valence-corrected chi connectivity index (χ2v) is 5.34. The van der Waals surface area contributed by atoms with E-state index in [1.807, 2.05) is 24.4 Å². The summed E-state index contributed by atoms with van der Waals surface area (Å²) in [7, 11) is 0. The highest BCUT2D eigenvalue weighted by atomic mass is 79.9. The van der Waals surface area contributed by atoms with Crippen LogP contribution in [0.3, 0.4) is 0 Å². The summed E-state index contributed by atoms with van der Waals surface area (Å²) in [6, 6.07) is 6.16. The van der Waals surface area contributed by atoms with Crippen LogP contribution in [-0.4, -0.2) is 23.5 Å². The third-order valence-corrected chi connectivity index (χ3v) is 3.87. The van der Waals surface area contributed by atoms with Gasteiger partial charge in [0, 0.05) is 16.3 Å². The number of nitrogens with zero attached hydrogens (tertiary/aromatic N) is 1. The van der Waals surface area contributed by atoms with E-state index in [1.165, 1.54) is 0 Å². The summed E-state index contributed by atoms with van der Waals surface area (Å²) < 4.78 is 0.903. The smallest absolute Gasteiger partial charge is 0.0547 e. The van der Waals surface area contributed by atoms with Crippen molar-refractivity contribution in [1.82, 2.24) is 0 Å². The van der Waals surface area contributed by atoms with Gasteiger partial charge in [0.2, 0.25) is 0 Å². The fourth-order valence-electron chi connectivity index (χ4n) is 2.06. The molecule has 1 aliphatic carbocycles. The molecule has 4 heteroatoms. The average Bonchev–Trinajstić information content (AvgIpc) is 2.33. The van der Waals surface area contributed by atoms with Crippen LogP contribution in [0.2, 0.25) is 0 Å². The summed E-state index contributed by atoms with van der Waals surface area (Å²) in [6.45, 7) is 0. The third-order valence-electron chi connectivity index (χ3n) is 3.18. The van der Waals surface area contributed by atoms with E-state index < -0.39 is 0 Å². The van der Waals surface area contributed by atoms with Crippen LogP contribution in [0.15, 0.2) is 27.7 Å². The predicted molar refractivity (Wildman–Crippen MR) is 74.4 cm³/mol. The predicted octanol–water partition coefficient (Wildman–Crippen LogP) is 2.75. The number of benzene rings is 1. The molecule has 3 nitrogen and oxygen atoms in total. The molecule has 0 amide bonds. The van der Waals surface area contributed by atoms with Gasteiger partial charge in [-0.05, 0) is 47.7 Å². The molecule has 0 radical (unpaired) electrons. The van der Waals surface area contributed by atoms with E-state index >= 15 is 0 Å². The Labute approximate surface area is 110 Å². The van der Waals surface area contributed by atoms with Crippen LogP contribution in [-0.2, 0) is 0 Å². The SMILES string of the molecule is Nc1c(Br)cccc1C=NC1CCC(O)CC1.